The summed E-state index contributed by atoms with van der Waals surface area (Å²) in [5.41, 5.74) is 0.833. The van der Waals surface area contributed by atoms with Gasteiger partial charge in [-0.15, -0.1) is 0 Å². The number of rotatable bonds is 19. The average molecular weight is 877 g/mol. The van der Waals surface area contributed by atoms with Gasteiger partial charge >= 0.3 is 12.4 Å². The van der Waals surface area contributed by atoms with Gasteiger partial charge in [-0.2, -0.15) is 26.3 Å². The van der Waals surface area contributed by atoms with Crippen LogP contribution in [0.2, 0.25) is 0 Å². The first-order valence-corrected chi connectivity index (χ1v) is 20.6. The lowest BCUT2D eigenvalue weighted by atomic mass is 9.83. The number of alkyl halides is 6. The molecule has 20 heteroatoms. The van der Waals surface area contributed by atoms with E-state index < -0.39 is 125 Å². The molecule has 1 aliphatic carbocycles. The number of amides is 6. The minimum Gasteiger partial charge on any atom is -0.371 e. The van der Waals surface area contributed by atoms with Crippen molar-refractivity contribution in [2.75, 3.05) is 13.1 Å². The smallest absolute Gasteiger partial charge is 0.371 e. The predicted molar refractivity (Wildman–Crippen MR) is 209 cm³/mol. The summed E-state index contributed by atoms with van der Waals surface area (Å²) in [7, 11) is 0. The Balaban J connectivity index is 1.87. The number of carbonyl (C=O) groups excluding carboxylic acids is 7. The Kier molecular flexibility index (Phi) is 18.1. The third-order valence-corrected chi connectivity index (χ3v) is 10.5. The van der Waals surface area contributed by atoms with E-state index in [9.17, 15) is 59.9 Å². The summed E-state index contributed by atoms with van der Waals surface area (Å²) < 4.78 is 87.6. The van der Waals surface area contributed by atoms with Crippen molar-refractivity contribution >= 4 is 41.2 Å². The number of primary amides is 1. The maximum absolute atomic E-state index is 14.6. The van der Waals surface area contributed by atoms with Gasteiger partial charge in [-0.1, -0.05) is 52.4 Å². The Morgan fingerprint density at radius 1 is 0.803 bits per heavy atom. The van der Waals surface area contributed by atoms with E-state index in [-0.39, 0.29) is 31.9 Å². The highest BCUT2D eigenvalue weighted by Gasteiger charge is 2.46. The highest BCUT2D eigenvalue weighted by Crippen LogP contribution is 2.37. The van der Waals surface area contributed by atoms with Crippen LogP contribution in [0.1, 0.15) is 122 Å². The topological polar surface area (TPSA) is 206 Å². The van der Waals surface area contributed by atoms with Gasteiger partial charge in [-0.25, -0.2) is 0 Å². The van der Waals surface area contributed by atoms with E-state index in [1.165, 1.54) is 4.90 Å². The zero-order valence-corrected chi connectivity index (χ0v) is 35.2. The van der Waals surface area contributed by atoms with Gasteiger partial charge in [0.05, 0.1) is 41.8 Å². The van der Waals surface area contributed by atoms with Crippen LogP contribution in [0.3, 0.4) is 0 Å². The Morgan fingerprint density at radius 3 is 1.93 bits per heavy atom. The molecule has 342 valence electrons. The lowest BCUT2D eigenvalue weighted by molar-refractivity contribution is -0.144. The summed E-state index contributed by atoms with van der Waals surface area (Å²) in [5, 5.41) is 9.73. The highest BCUT2D eigenvalue weighted by atomic mass is 19.4. The molecular formula is C41H58F6N6O8. The third kappa shape index (κ3) is 15.6. The quantitative estimate of drug-likeness (QED) is 0.100. The Hall–Kier alpha value is -4.75. The van der Waals surface area contributed by atoms with Crippen molar-refractivity contribution in [2.24, 2.45) is 11.7 Å². The number of ketones is 1. The first-order valence-electron chi connectivity index (χ1n) is 20.6. The second-order valence-corrected chi connectivity index (χ2v) is 16.7. The Labute approximate surface area is 351 Å². The SMILES string of the molecule is CCCCC(NC(=O)CNC(=O)C(=O)C(CCC)NC(=O)[C@@H]1C[C@@H](OC(C)(C)C)CN1C(=O)C(NC(=O)Cc1cc(C(F)(F)F)cc(C(F)(F)F)c1)C1CCCCC1)C(N)=O. The molecule has 0 bridgehead atoms. The molecule has 1 saturated carbocycles. The van der Waals surface area contributed by atoms with Crippen molar-refractivity contribution < 1.29 is 64.6 Å². The molecule has 61 heavy (non-hydrogen) atoms. The number of halogens is 6. The second kappa shape index (κ2) is 21.9. The Bertz CT molecular complexity index is 1710. The van der Waals surface area contributed by atoms with Crippen molar-refractivity contribution in [3.8, 4) is 0 Å². The summed E-state index contributed by atoms with van der Waals surface area (Å²) in [5.74, 6) is -6.91. The zero-order valence-electron chi connectivity index (χ0n) is 35.2. The van der Waals surface area contributed by atoms with E-state index in [1.807, 2.05) is 6.92 Å². The van der Waals surface area contributed by atoms with Crippen molar-refractivity contribution in [2.45, 2.75) is 160 Å². The number of Topliss-reactive ketones (excluding diaryl/α,β-unsaturated/α-hetero) is 1. The molecular weight excluding hydrogens is 818 g/mol. The van der Waals surface area contributed by atoms with Gasteiger partial charge in [-0.05, 0) is 76.1 Å². The molecule has 1 heterocycles. The molecule has 14 nitrogen and oxygen atoms in total. The minimum absolute atomic E-state index is 0.0140. The van der Waals surface area contributed by atoms with Crippen LogP contribution in [0.4, 0.5) is 26.3 Å². The molecule has 6 amide bonds. The van der Waals surface area contributed by atoms with Crippen LogP contribution in [0.5, 0.6) is 0 Å². The molecule has 2 fully saturated rings. The summed E-state index contributed by atoms with van der Waals surface area (Å²) in [4.78, 5) is 93.9. The van der Waals surface area contributed by atoms with Crippen LogP contribution in [-0.4, -0.2) is 95.1 Å². The Morgan fingerprint density at radius 2 is 1.41 bits per heavy atom. The van der Waals surface area contributed by atoms with E-state index in [1.54, 1.807) is 27.7 Å². The molecule has 0 aromatic heterocycles. The van der Waals surface area contributed by atoms with Gasteiger partial charge in [0.1, 0.15) is 18.1 Å². The van der Waals surface area contributed by atoms with E-state index in [0.29, 0.717) is 50.7 Å². The third-order valence-electron chi connectivity index (χ3n) is 10.5. The molecule has 1 aliphatic heterocycles. The number of carbonyl (C=O) groups is 7. The van der Waals surface area contributed by atoms with Crippen molar-refractivity contribution in [3.63, 3.8) is 0 Å². The molecule has 0 spiro atoms. The molecule has 2 aliphatic rings. The highest BCUT2D eigenvalue weighted by molar-refractivity contribution is 6.38. The number of likely N-dealkylation sites (tertiary alicyclic amines) is 1. The van der Waals surface area contributed by atoms with Crippen LogP contribution >= 0.6 is 0 Å². The molecule has 6 N–H and O–H groups in total. The van der Waals surface area contributed by atoms with Gasteiger partial charge < -0.3 is 36.6 Å². The molecule has 1 saturated heterocycles. The summed E-state index contributed by atoms with van der Waals surface area (Å²) in [6.45, 7) is 8.01. The van der Waals surface area contributed by atoms with E-state index in [4.69, 9.17) is 10.5 Å². The van der Waals surface area contributed by atoms with Gasteiger partial charge in [0, 0.05) is 13.0 Å². The van der Waals surface area contributed by atoms with Crippen LogP contribution < -0.4 is 27.0 Å². The van der Waals surface area contributed by atoms with Gasteiger partial charge in [0.2, 0.25) is 35.3 Å². The fourth-order valence-electron chi connectivity index (χ4n) is 7.60. The molecule has 0 radical (unpaired) electrons. The largest absolute Gasteiger partial charge is 0.416 e. The number of unbranched alkanes of at least 4 members (excludes halogenated alkanes) is 1. The lowest BCUT2D eigenvalue weighted by Crippen LogP contribution is -2.58. The normalized spacial score (nSPS) is 19.0. The fraction of sp³-hybridized carbons (Fsp3) is 0.683. The number of hydrogen-bond donors (Lipinski definition) is 5. The molecule has 1 aromatic rings. The number of hydrogen-bond acceptors (Lipinski definition) is 8. The van der Waals surface area contributed by atoms with Gasteiger partial charge in [0.25, 0.3) is 5.91 Å². The number of nitrogens with zero attached hydrogens (tertiary/aromatic N) is 1. The summed E-state index contributed by atoms with van der Waals surface area (Å²) >= 11 is 0. The van der Waals surface area contributed by atoms with E-state index >= 15 is 0 Å². The number of ether oxygens (including phenoxy) is 1. The maximum atomic E-state index is 14.6. The van der Waals surface area contributed by atoms with Crippen molar-refractivity contribution in [3.05, 3.63) is 34.9 Å². The monoisotopic (exact) mass is 876 g/mol. The predicted octanol–water partition coefficient (Wildman–Crippen LogP) is 4.25. The summed E-state index contributed by atoms with van der Waals surface area (Å²) in [6.07, 6.45) is -7.03. The van der Waals surface area contributed by atoms with Crippen molar-refractivity contribution in [1.29, 1.82) is 0 Å². The molecule has 3 unspecified atom stereocenters. The van der Waals surface area contributed by atoms with E-state index in [0.717, 1.165) is 12.8 Å². The van der Waals surface area contributed by atoms with E-state index in [2.05, 4.69) is 21.3 Å². The minimum atomic E-state index is -5.14. The van der Waals surface area contributed by atoms with Crippen LogP contribution in [0, 0.1) is 5.92 Å². The van der Waals surface area contributed by atoms with Gasteiger partial charge in [0.15, 0.2) is 0 Å². The maximum Gasteiger partial charge on any atom is 0.416 e. The zero-order chi connectivity index (χ0) is 45.9. The van der Waals surface area contributed by atoms with Crippen LogP contribution in [-0.2, 0) is 57.1 Å². The molecule has 3 rings (SSSR count). The van der Waals surface area contributed by atoms with Crippen LogP contribution in [0.25, 0.3) is 0 Å². The molecule has 5 atom stereocenters. The second-order valence-electron chi connectivity index (χ2n) is 16.7. The molecule has 1 aromatic carbocycles. The summed E-state index contributed by atoms with van der Waals surface area (Å²) in [6, 6.07) is -4.17. The number of benzene rings is 1. The first kappa shape index (κ1) is 50.6. The average Bonchev–Trinajstić information content (AvgIpc) is 3.58. The lowest BCUT2D eigenvalue weighted by Gasteiger charge is -2.35. The standard InChI is InChI=1S/C41H58F6N6O8/c1-6-8-15-29(35(48)57)50-32(55)21-49-37(59)34(56)28(12-7-2)51-36(58)30-20-27(61-39(3,4)5)22-53(30)38(60)33(24-13-10-9-11-14-24)52-31(54)18-23-16-25(40(42,43)44)19-26(17-23)41(45,46)47/h16-17,19,24,27-30,33H,6-15,18,20-22H2,1-5H3,(H2,48,57)(H,49,59)(H,50,55)(H,51,58)(H,52,54)/t27-,28?,29?,30+,33?/m1/s1. The van der Waals surface area contributed by atoms with Gasteiger partial charge in [-0.3, -0.25) is 33.6 Å². The number of nitrogens with two attached hydrogens (primary N) is 1. The number of nitrogens with one attached hydrogen (secondary N) is 4. The van der Waals surface area contributed by atoms with Crippen molar-refractivity contribution in [1.82, 2.24) is 26.2 Å². The first-order chi connectivity index (χ1) is 28.3. The van der Waals surface area contributed by atoms with Crippen LogP contribution in [0.15, 0.2) is 18.2 Å². The fourth-order valence-corrected chi connectivity index (χ4v) is 7.60.